The number of ether oxygens (including phenoxy) is 2. The largest absolute Gasteiger partial charge is 0.493 e. The first-order chi connectivity index (χ1) is 16.2. The second-order valence-electron chi connectivity index (χ2n) is 6.86. The molecule has 0 aliphatic heterocycles. The Morgan fingerprint density at radius 2 is 1.97 bits per heavy atom. The van der Waals surface area contributed by atoms with Gasteiger partial charge in [0.25, 0.3) is 5.69 Å². The predicted octanol–water partition coefficient (Wildman–Crippen LogP) is 7.04. The minimum absolute atomic E-state index is 0.0350. The summed E-state index contributed by atoms with van der Waals surface area (Å²) in [5.41, 5.74) is 0.799. The Morgan fingerprint density at radius 3 is 2.62 bits per heavy atom. The zero-order chi connectivity index (χ0) is 24.8. The number of hydrogen-bond acceptors (Lipinski definition) is 6. The molecule has 10 heteroatoms. The van der Waals surface area contributed by atoms with Crippen molar-refractivity contribution in [2.45, 2.75) is 6.61 Å². The predicted molar refractivity (Wildman–Crippen MR) is 133 cm³/mol. The molecular formula is C24H15BrCl2N2O5. The lowest BCUT2D eigenvalue weighted by molar-refractivity contribution is -0.384. The molecule has 3 rings (SSSR count). The molecule has 0 amide bonds. The summed E-state index contributed by atoms with van der Waals surface area (Å²) in [5, 5.41) is 21.5. The Kier molecular flexibility index (Phi) is 8.29. The van der Waals surface area contributed by atoms with Crippen LogP contribution < -0.4 is 9.47 Å². The Bertz CT molecular complexity index is 1350. The number of nitro benzene ring substituents is 1. The molecular weight excluding hydrogens is 547 g/mol. The molecule has 3 aromatic carbocycles. The van der Waals surface area contributed by atoms with Crippen LogP contribution in [0.15, 0.2) is 64.6 Å². The van der Waals surface area contributed by atoms with Crippen molar-refractivity contribution in [1.82, 2.24) is 0 Å². The van der Waals surface area contributed by atoms with Crippen molar-refractivity contribution >= 4 is 56.7 Å². The van der Waals surface area contributed by atoms with E-state index in [2.05, 4.69) is 15.9 Å². The summed E-state index contributed by atoms with van der Waals surface area (Å²) < 4.78 is 11.8. The summed E-state index contributed by atoms with van der Waals surface area (Å²) in [7, 11) is 1.46. The lowest BCUT2D eigenvalue weighted by Gasteiger charge is -2.14. The molecule has 0 saturated heterocycles. The number of nitrogens with zero attached hydrogens (tertiary/aromatic N) is 2. The number of carbonyl (C=O) groups excluding carboxylic acids is 1. The Labute approximate surface area is 213 Å². The van der Waals surface area contributed by atoms with E-state index in [0.29, 0.717) is 31.6 Å². The number of rotatable bonds is 8. The minimum Gasteiger partial charge on any atom is -0.493 e. The average molecular weight is 562 g/mol. The highest BCUT2D eigenvalue weighted by Crippen LogP contribution is 2.38. The smallest absolute Gasteiger partial charge is 0.270 e. The molecule has 0 aliphatic rings. The van der Waals surface area contributed by atoms with Crippen LogP contribution in [0.5, 0.6) is 11.5 Å². The minimum atomic E-state index is -0.640. The number of carbonyl (C=O) groups is 1. The summed E-state index contributed by atoms with van der Waals surface area (Å²) in [5.74, 6) is 0.110. The van der Waals surface area contributed by atoms with Gasteiger partial charge in [0.2, 0.25) is 5.78 Å². The average Bonchev–Trinajstić information content (AvgIpc) is 2.82. The number of non-ortho nitro benzene ring substituents is 1. The number of nitro groups is 1. The first-order valence-corrected chi connectivity index (χ1v) is 11.1. The van der Waals surface area contributed by atoms with Gasteiger partial charge >= 0.3 is 0 Å². The molecule has 0 spiro atoms. The molecule has 0 saturated carbocycles. The third kappa shape index (κ3) is 5.94. The first-order valence-electron chi connectivity index (χ1n) is 9.58. The zero-order valence-corrected chi connectivity index (χ0v) is 20.6. The topological polar surface area (TPSA) is 102 Å². The van der Waals surface area contributed by atoms with Crippen molar-refractivity contribution in [2.75, 3.05) is 7.11 Å². The molecule has 0 atom stereocenters. The van der Waals surface area contributed by atoms with Crippen LogP contribution in [0.25, 0.3) is 6.08 Å². The number of nitriles is 1. The van der Waals surface area contributed by atoms with Crippen molar-refractivity contribution in [2.24, 2.45) is 0 Å². The third-order valence-corrected chi connectivity index (χ3v) is 5.81. The molecule has 0 bridgehead atoms. The van der Waals surface area contributed by atoms with Gasteiger partial charge in [0.1, 0.15) is 18.2 Å². The standard InChI is InChI=1S/C24H15BrCl2N2O5/c1-33-22-9-14(7-17(12-28)23(30)15-3-2-4-19(10-15)29(31)32)8-20(25)24(22)34-13-16-5-6-18(26)11-21(16)27/h2-11H,13H2,1H3/b17-7+. The summed E-state index contributed by atoms with van der Waals surface area (Å²) in [6.45, 7) is 0.148. The summed E-state index contributed by atoms with van der Waals surface area (Å²) in [6, 6.07) is 15.4. The van der Waals surface area contributed by atoms with Crippen molar-refractivity contribution < 1.29 is 19.2 Å². The molecule has 0 aromatic heterocycles. The normalized spacial score (nSPS) is 11.0. The van der Waals surface area contributed by atoms with E-state index >= 15 is 0 Å². The number of allylic oxidation sites excluding steroid dienone is 1. The maximum Gasteiger partial charge on any atom is 0.270 e. The van der Waals surface area contributed by atoms with Gasteiger partial charge in [0.15, 0.2) is 11.5 Å². The molecule has 34 heavy (non-hydrogen) atoms. The molecule has 0 N–H and O–H groups in total. The highest BCUT2D eigenvalue weighted by Gasteiger charge is 2.17. The third-order valence-electron chi connectivity index (χ3n) is 4.63. The van der Waals surface area contributed by atoms with Crippen LogP contribution in [0.4, 0.5) is 5.69 Å². The van der Waals surface area contributed by atoms with E-state index < -0.39 is 10.7 Å². The van der Waals surface area contributed by atoms with E-state index in [1.165, 1.54) is 31.4 Å². The van der Waals surface area contributed by atoms with Crippen molar-refractivity contribution in [1.29, 1.82) is 5.26 Å². The number of benzene rings is 3. The maximum absolute atomic E-state index is 12.8. The fourth-order valence-corrected chi connectivity index (χ4v) is 4.02. The van der Waals surface area contributed by atoms with Crippen LogP contribution in [0, 0.1) is 21.4 Å². The number of Topliss-reactive ketones (excluding diaryl/α,β-unsaturated/α-hetero) is 1. The van der Waals surface area contributed by atoms with E-state index in [-0.39, 0.29) is 23.4 Å². The van der Waals surface area contributed by atoms with Crippen LogP contribution in [0.1, 0.15) is 21.5 Å². The Hall–Kier alpha value is -3.38. The van der Waals surface area contributed by atoms with Gasteiger partial charge < -0.3 is 9.47 Å². The molecule has 0 aliphatic carbocycles. The lowest BCUT2D eigenvalue weighted by atomic mass is 10.0. The summed E-state index contributed by atoms with van der Waals surface area (Å²) in [6.07, 6.45) is 1.37. The molecule has 7 nitrogen and oxygen atoms in total. The monoisotopic (exact) mass is 560 g/mol. The van der Waals surface area contributed by atoms with Crippen molar-refractivity contribution in [3.8, 4) is 17.6 Å². The highest BCUT2D eigenvalue weighted by molar-refractivity contribution is 9.10. The van der Waals surface area contributed by atoms with E-state index in [0.717, 1.165) is 11.6 Å². The van der Waals surface area contributed by atoms with Gasteiger partial charge in [-0.1, -0.05) is 41.4 Å². The molecule has 0 radical (unpaired) electrons. The van der Waals surface area contributed by atoms with Crippen molar-refractivity contribution in [3.63, 3.8) is 0 Å². The second kappa shape index (κ2) is 11.2. The maximum atomic E-state index is 12.8. The molecule has 0 heterocycles. The number of hydrogen-bond donors (Lipinski definition) is 0. The Morgan fingerprint density at radius 1 is 1.21 bits per heavy atom. The van der Waals surface area contributed by atoms with E-state index in [9.17, 15) is 20.2 Å². The number of ketones is 1. The van der Waals surface area contributed by atoms with Crippen LogP contribution in [0.2, 0.25) is 10.0 Å². The fourth-order valence-electron chi connectivity index (χ4n) is 2.98. The molecule has 0 unspecified atom stereocenters. The van der Waals surface area contributed by atoms with Crippen LogP contribution in [0.3, 0.4) is 0 Å². The molecule has 3 aromatic rings. The molecule has 0 fully saturated rings. The van der Waals surface area contributed by atoms with Gasteiger partial charge in [0.05, 0.1) is 16.5 Å². The fraction of sp³-hybridized carbons (Fsp3) is 0.0833. The summed E-state index contributed by atoms with van der Waals surface area (Å²) in [4.78, 5) is 23.2. The van der Waals surface area contributed by atoms with E-state index in [1.54, 1.807) is 30.3 Å². The van der Waals surface area contributed by atoms with Gasteiger partial charge in [-0.3, -0.25) is 14.9 Å². The lowest BCUT2D eigenvalue weighted by Crippen LogP contribution is -2.03. The van der Waals surface area contributed by atoms with Crippen molar-refractivity contribution in [3.05, 3.63) is 101 Å². The number of halogens is 3. The second-order valence-corrected chi connectivity index (χ2v) is 8.56. The van der Waals surface area contributed by atoms with Gasteiger partial charge in [0, 0.05) is 33.3 Å². The van der Waals surface area contributed by atoms with Gasteiger partial charge in [-0.25, -0.2) is 0 Å². The first kappa shape index (κ1) is 25.2. The number of methoxy groups -OCH3 is 1. The van der Waals surface area contributed by atoms with E-state index in [4.69, 9.17) is 32.7 Å². The van der Waals surface area contributed by atoms with Crippen LogP contribution >= 0.6 is 39.1 Å². The SMILES string of the molecule is COc1cc(/C=C(\C#N)C(=O)c2cccc([N+](=O)[O-])c2)cc(Br)c1OCc1ccc(Cl)cc1Cl. The zero-order valence-electron chi connectivity index (χ0n) is 17.6. The van der Waals surface area contributed by atoms with Gasteiger partial charge in [-0.05, 0) is 51.8 Å². The highest BCUT2D eigenvalue weighted by atomic mass is 79.9. The molecule has 172 valence electrons. The van der Waals surface area contributed by atoms with E-state index in [1.807, 2.05) is 6.07 Å². The Balaban J connectivity index is 1.90. The quantitative estimate of drug-likeness (QED) is 0.0960. The summed E-state index contributed by atoms with van der Waals surface area (Å²) >= 11 is 15.6. The van der Waals surface area contributed by atoms with Crippen LogP contribution in [-0.2, 0) is 6.61 Å². The van der Waals surface area contributed by atoms with Crippen LogP contribution in [-0.4, -0.2) is 17.8 Å². The van der Waals surface area contributed by atoms with Gasteiger partial charge in [-0.15, -0.1) is 0 Å². The van der Waals surface area contributed by atoms with Gasteiger partial charge in [-0.2, -0.15) is 5.26 Å².